The lowest BCUT2D eigenvalue weighted by molar-refractivity contribution is 0.112. The minimum absolute atomic E-state index is 0.622. The van der Waals surface area contributed by atoms with Gasteiger partial charge < -0.3 is 14.2 Å². The summed E-state index contributed by atoms with van der Waals surface area (Å²) in [7, 11) is 1.67. The number of carbonyl (C=O) groups excluding carboxylic acids is 1. The quantitative estimate of drug-likeness (QED) is 0.0491. The highest BCUT2D eigenvalue weighted by Gasteiger charge is 2.10. The van der Waals surface area contributed by atoms with Gasteiger partial charge in [0.1, 0.15) is 23.5 Å². The summed E-state index contributed by atoms with van der Waals surface area (Å²) in [6, 6.07) is 12.0. The Balaban J connectivity index is 1.57. The van der Waals surface area contributed by atoms with Crippen LogP contribution in [-0.4, -0.2) is 26.6 Å². The third-order valence-corrected chi connectivity index (χ3v) is 13.3. The molecular weight excluding hydrogens is 773 g/mol. The third-order valence-electron chi connectivity index (χ3n) is 13.3. The molecule has 0 bridgehead atoms. The Morgan fingerprint density at radius 1 is 0.365 bits per heavy atom. The molecule has 4 heteroatoms. The van der Waals surface area contributed by atoms with Crippen LogP contribution in [0.1, 0.15) is 292 Å². The van der Waals surface area contributed by atoms with E-state index in [2.05, 4.69) is 32.0 Å². The van der Waals surface area contributed by atoms with Gasteiger partial charge in [-0.3, -0.25) is 4.79 Å². The van der Waals surface area contributed by atoms with E-state index in [4.69, 9.17) is 14.2 Å². The van der Waals surface area contributed by atoms with Crippen molar-refractivity contribution < 1.29 is 19.0 Å². The fourth-order valence-corrected chi connectivity index (χ4v) is 9.19. The Kier molecular flexibility index (Phi) is 39.0. The number of carbonyl (C=O) groups is 1. The summed E-state index contributed by atoms with van der Waals surface area (Å²) in [5.41, 5.74) is 2.74. The van der Waals surface area contributed by atoms with E-state index in [-0.39, 0.29) is 0 Å². The molecule has 0 saturated heterocycles. The molecular formula is C59H102O4. The minimum atomic E-state index is 0.622. The summed E-state index contributed by atoms with van der Waals surface area (Å²) >= 11 is 0. The topological polar surface area (TPSA) is 44.8 Å². The molecule has 0 aromatic heterocycles. The maximum Gasteiger partial charge on any atom is 0.150 e. The number of aldehydes is 1. The molecule has 0 heterocycles. The van der Waals surface area contributed by atoms with E-state index >= 15 is 0 Å². The first-order valence-electron chi connectivity index (χ1n) is 27.7. The smallest absolute Gasteiger partial charge is 0.150 e. The summed E-state index contributed by atoms with van der Waals surface area (Å²) in [4.78, 5) is 11.9. The summed E-state index contributed by atoms with van der Waals surface area (Å²) in [5, 5.41) is 0. The van der Waals surface area contributed by atoms with Crippen LogP contribution in [0.15, 0.2) is 36.4 Å². The van der Waals surface area contributed by atoms with Gasteiger partial charge >= 0.3 is 0 Å². The second-order valence-corrected chi connectivity index (χ2v) is 19.3. The average molecular weight is 875 g/mol. The van der Waals surface area contributed by atoms with Crippen LogP contribution < -0.4 is 14.2 Å². The number of hydrogen-bond donors (Lipinski definition) is 0. The first kappa shape index (κ1) is 56.6. The lowest BCUT2D eigenvalue weighted by Crippen LogP contribution is -2.02. The highest BCUT2D eigenvalue weighted by molar-refractivity contribution is 5.78. The second-order valence-electron chi connectivity index (χ2n) is 19.3. The van der Waals surface area contributed by atoms with Crippen molar-refractivity contribution in [3.05, 3.63) is 53.1 Å². The van der Waals surface area contributed by atoms with Gasteiger partial charge in [-0.15, -0.1) is 0 Å². The molecule has 0 unspecified atom stereocenters. The van der Waals surface area contributed by atoms with Crippen molar-refractivity contribution in [2.45, 2.75) is 277 Å². The lowest BCUT2D eigenvalue weighted by atomic mass is 9.99. The number of hydrogen-bond acceptors (Lipinski definition) is 4. The van der Waals surface area contributed by atoms with Gasteiger partial charge in [0.25, 0.3) is 0 Å². The summed E-state index contributed by atoms with van der Waals surface area (Å²) in [6.45, 7) is 6.04. The molecule has 0 radical (unpaired) electrons. The normalized spacial score (nSPS) is 11.3. The number of methoxy groups -OCH3 is 1. The molecule has 0 N–H and O–H groups in total. The Morgan fingerprint density at radius 3 is 0.952 bits per heavy atom. The average Bonchev–Trinajstić information content (AvgIpc) is 3.30. The highest BCUT2D eigenvalue weighted by atomic mass is 16.5. The van der Waals surface area contributed by atoms with Gasteiger partial charge in [-0.2, -0.15) is 0 Å². The molecule has 0 spiro atoms. The van der Waals surface area contributed by atoms with Crippen molar-refractivity contribution in [1.82, 2.24) is 0 Å². The van der Waals surface area contributed by atoms with Gasteiger partial charge in [0.2, 0.25) is 0 Å². The molecule has 0 atom stereocenters. The van der Waals surface area contributed by atoms with Crippen molar-refractivity contribution in [2.24, 2.45) is 0 Å². The van der Waals surface area contributed by atoms with Crippen LogP contribution in [0.3, 0.4) is 0 Å². The molecule has 0 aliphatic heterocycles. The molecule has 2 aromatic carbocycles. The second kappa shape index (κ2) is 43.4. The number of ether oxygens (including phenoxy) is 3. The van der Waals surface area contributed by atoms with E-state index < -0.39 is 0 Å². The van der Waals surface area contributed by atoms with Gasteiger partial charge in [-0.25, -0.2) is 0 Å². The maximum absolute atomic E-state index is 11.9. The summed E-state index contributed by atoms with van der Waals surface area (Å²) < 4.78 is 18.2. The number of unbranched alkanes of at least 4 members (excludes halogenated alkanes) is 38. The van der Waals surface area contributed by atoms with E-state index in [9.17, 15) is 4.79 Å². The molecule has 0 amide bonds. The highest BCUT2D eigenvalue weighted by Crippen LogP contribution is 2.28. The Hall–Kier alpha value is -2.49. The summed E-state index contributed by atoms with van der Waals surface area (Å²) in [6.07, 6.45) is 57.1. The van der Waals surface area contributed by atoms with Crippen LogP contribution in [0.5, 0.6) is 17.2 Å². The third kappa shape index (κ3) is 33.6. The van der Waals surface area contributed by atoms with Crippen LogP contribution in [0.2, 0.25) is 0 Å². The molecule has 0 aliphatic rings. The van der Waals surface area contributed by atoms with E-state index in [1.54, 1.807) is 7.11 Å². The zero-order chi connectivity index (χ0) is 44.9. The monoisotopic (exact) mass is 875 g/mol. The molecule has 0 saturated carbocycles. The Labute approximate surface area is 391 Å². The first-order chi connectivity index (χ1) is 31.2. The van der Waals surface area contributed by atoms with E-state index in [1.807, 2.05) is 18.2 Å². The standard InChI is InChI=1S/C59H102O4/c1-4-6-8-10-12-14-16-18-20-22-24-26-28-30-32-34-36-38-40-42-46-62-58-49-54(48-56-51-57(61-3)45-44-55(56)53-60)50-59(52-58)63-47-43-41-39-37-35-33-31-29-27-25-23-21-19-17-15-13-11-9-7-5-2/h44-45,49-53H,4-43,46-48H2,1-3H3. The minimum Gasteiger partial charge on any atom is -0.497 e. The number of rotatable bonds is 48. The predicted octanol–water partition coefficient (Wildman–Crippen LogP) is 19.5. The van der Waals surface area contributed by atoms with Crippen molar-refractivity contribution in [3.8, 4) is 17.2 Å². The van der Waals surface area contributed by atoms with Crippen LogP contribution in [0, 0.1) is 0 Å². The zero-order valence-corrected chi connectivity index (χ0v) is 42.1. The molecule has 362 valence electrons. The lowest BCUT2D eigenvalue weighted by Gasteiger charge is -2.14. The van der Waals surface area contributed by atoms with Gasteiger partial charge in [0.05, 0.1) is 20.3 Å². The first-order valence-corrected chi connectivity index (χ1v) is 27.7. The number of benzene rings is 2. The van der Waals surface area contributed by atoms with Gasteiger partial charge in [-0.05, 0) is 60.7 Å². The van der Waals surface area contributed by atoms with Crippen molar-refractivity contribution in [3.63, 3.8) is 0 Å². The fourth-order valence-electron chi connectivity index (χ4n) is 9.19. The van der Waals surface area contributed by atoms with E-state index in [0.29, 0.717) is 12.0 Å². The van der Waals surface area contributed by atoms with Crippen LogP contribution >= 0.6 is 0 Å². The zero-order valence-electron chi connectivity index (χ0n) is 42.1. The van der Waals surface area contributed by atoms with Gasteiger partial charge in [0, 0.05) is 11.6 Å². The van der Waals surface area contributed by atoms with Gasteiger partial charge in [-0.1, -0.05) is 258 Å². The van der Waals surface area contributed by atoms with E-state index in [0.717, 1.165) is 60.7 Å². The molecule has 0 fully saturated rings. The van der Waals surface area contributed by atoms with Crippen LogP contribution in [0.25, 0.3) is 0 Å². The van der Waals surface area contributed by atoms with E-state index in [1.165, 1.54) is 244 Å². The largest absolute Gasteiger partial charge is 0.497 e. The fraction of sp³-hybridized carbons (Fsp3) is 0.780. The predicted molar refractivity (Wildman–Crippen MR) is 275 cm³/mol. The SMILES string of the molecule is CCCCCCCCCCCCCCCCCCCCCCOc1cc(Cc2cc(OC)ccc2C=O)cc(OCCCCCCCCCCCCCCCCCCCCCC)c1. The van der Waals surface area contributed by atoms with Gasteiger partial charge in [0.15, 0.2) is 0 Å². The Bertz CT molecular complexity index is 1220. The molecule has 0 aliphatic carbocycles. The molecule has 63 heavy (non-hydrogen) atoms. The van der Waals surface area contributed by atoms with Crippen LogP contribution in [-0.2, 0) is 6.42 Å². The van der Waals surface area contributed by atoms with Crippen molar-refractivity contribution in [2.75, 3.05) is 20.3 Å². The van der Waals surface area contributed by atoms with Crippen molar-refractivity contribution >= 4 is 6.29 Å². The maximum atomic E-state index is 11.9. The molecule has 2 rings (SSSR count). The summed E-state index contributed by atoms with van der Waals surface area (Å²) in [5.74, 6) is 2.48. The Morgan fingerprint density at radius 2 is 0.667 bits per heavy atom. The van der Waals surface area contributed by atoms with Crippen molar-refractivity contribution in [1.29, 1.82) is 0 Å². The molecule has 2 aromatic rings. The van der Waals surface area contributed by atoms with Crippen LogP contribution in [0.4, 0.5) is 0 Å². The molecule has 4 nitrogen and oxygen atoms in total.